The molecular formula is C13H21NO4. The van der Waals surface area contributed by atoms with E-state index in [1.807, 2.05) is 20.8 Å². The van der Waals surface area contributed by atoms with E-state index < -0.39 is 17.5 Å². The summed E-state index contributed by atoms with van der Waals surface area (Å²) in [6.07, 6.45) is 1.01. The minimum absolute atomic E-state index is 0.104. The predicted molar refractivity (Wildman–Crippen MR) is 64.8 cm³/mol. The van der Waals surface area contributed by atoms with E-state index in [1.165, 1.54) is 0 Å². The van der Waals surface area contributed by atoms with Crippen molar-refractivity contribution in [2.75, 3.05) is 13.2 Å². The highest BCUT2D eigenvalue weighted by Crippen LogP contribution is 2.32. The minimum atomic E-state index is -0.765. The summed E-state index contributed by atoms with van der Waals surface area (Å²) in [7, 11) is 0. The van der Waals surface area contributed by atoms with Crippen molar-refractivity contribution in [3.8, 4) is 0 Å². The normalized spacial score (nSPS) is 35.1. The molecule has 2 fully saturated rings. The molecule has 2 rings (SSSR count). The van der Waals surface area contributed by atoms with Crippen molar-refractivity contribution in [2.24, 2.45) is 11.3 Å². The van der Waals surface area contributed by atoms with Crippen LogP contribution in [0.5, 0.6) is 0 Å². The first-order valence-electron chi connectivity index (χ1n) is 6.52. The lowest BCUT2D eigenvalue weighted by molar-refractivity contribution is -0.167. The Morgan fingerprint density at radius 2 is 2.22 bits per heavy atom. The van der Waals surface area contributed by atoms with E-state index in [0.29, 0.717) is 6.61 Å². The Bertz CT molecular complexity index is 353. The fourth-order valence-electron chi connectivity index (χ4n) is 2.50. The Kier molecular flexibility index (Phi) is 3.61. The number of cyclic esters (lactones) is 1. The second-order valence-electron chi connectivity index (χ2n) is 5.90. The fourth-order valence-corrected chi connectivity index (χ4v) is 2.50. The molecule has 102 valence electrons. The first-order chi connectivity index (χ1) is 8.42. The van der Waals surface area contributed by atoms with E-state index in [9.17, 15) is 9.59 Å². The maximum Gasteiger partial charge on any atom is 0.348 e. The maximum absolute atomic E-state index is 12.1. The lowest BCUT2D eigenvalue weighted by Crippen LogP contribution is -2.45. The smallest absolute Gasteiger partial charge is 0.348 e. The molecule has 2 saturated heterocycles. The van der Waals surface area contributed by atoms with Gasteiger partial charge in [-0.2, -0.15) is 0 Å². The van der Waals surface area contributed by atoms with E-state index >= 15 is 0 Å². The predicted octanol–water partition coefficient (Wildman–Crippen LogP) is 0.869. The van der Waals surface area contributed by atoms with Crippen LogP contribution in [0.15, 0.2) is 0 Å². The van der Waals surface area contributed by atoms with Gasteiger partial charge in [-0.15, -0.1) is 0 Å². The molecule has 0 amide bonds. The average molecular weight is 255 g/mol. The van der Waals surface area contributed by atoms with Crippen LogP contribution >= 0.6 is 0 Å². The third-order valence-corrected chi connectivity index (χ3v) is 3.81. The molecule has 0 saturated carbocycles. The van der Waals surface area contributed by atoms with Crippen LogP contribution in [-0.4, -0.2) is 37.2 Å². The lowest BCUT2D eigenvalue weighted by atomic mass is 9.88. The van der Waals surface area contributed by atoms with Gasteiger partial charge in [-0.1, -0.05) is 13.8 Å². The Hall–Kier alpha value is -1.10. The first kappa shape index (κ1) is 13.3. The molecule has 0 radical (unpaired) electrons. The second kappa shape index (κ2) is 4.88. The standard InChI is InChI=1S/C13H21NO4/c1-8-9(5-4-6-14-8)11(15)18-10-12(16)17-7-13(10,2)3/h8-10,14H,4-7H2,1-3H3/t8-,9+,10+/m1/s1. The molecule has 0 unspecified atom stereocenters. The molecule has 0 aliphatic carbocycles. The molecule has 0 spiro atoms. The van der Waals surface area contributed by atoms with Gasteiger partial charge in [0.05, 0.1) is 5.92 Å². The Morgan fingerprint density at radius 3 is 2.78 bits per heavy atom. The molecular weight excluding hydrogens is 234 g/mol. The zero-order chi connectivity index (χ0) is 13.3. The van der Waals surface area contributed by atoms with Crippen molar-refractivity contribution >= 4 is 11.9 Å². The molecule has 18 heavy (non-hydrogen) atoms. The number of piperidine rings is 1. The summed E-state index contributed by atoms with van der Waals surface area (Å²) in [5.41, 5.74) is -0.432. The van der Waals surface area contributed by atoms with Crippen molar-refractivity contribution in [3.63, 3.8) is 0 Å². The number of rotatable bonds is 2. The number of carbonyl (C=O) groups excluding carboxylic acids is 2. The monoisotopic (exact) mass is 255 g/mol. The van der Waals surface area contributed by atoms with Crippen LogP contribution in [0, 0.1) is 11.3 Å². The topological polar surface area (TPSA) is 64.6 Å². The number of carbonyl (C=O) groups is 2. The SMILES string of the molecule is C[C@H]1NCCC[C@@H]1C(=O)O[C@H]1C(=O)OCC1(C)C. The van der Waals surface area contributed by atoms with Gasteiger partial charge in [-0.05, 0) is 26.3 Å². The molecule has 5 heteroatoms. The average Bonchev–Trinajstić information content (AvgIpc) is 2.56. The number of hydrogen-bond donors (Lipinski definition) is 1. The highest BCUT2D eigenvalue weighted by Gasteiger charge is 2.47. The number of esters is 2. The van der Waals surface area contributed by atoms with Gasteiger partial charge in [-0.25, -0.2) is 4.79 Å². The second-order valence-corrected chi connectivity index (χ2v) is 5.90. The van der Waals surface area contributed by atoms with Crippen LogP contribution in [0.3, 0.4) is 0 Å². The van der Waals surface area contributed by atoms with Gasteiger partial charge >= 0.3 is 11.9 Å². The van der Waals surface area contributed by atoms with Crippen molar-refractivity contribution < 1.29 is 19.1 Å². The van der Waals surface area contributed by atoms with Crippen LogP contribution in [0.25, 0.3) is 0 Å². The highest BCUT2D eigenvalue weighted by atomic mass is 16.6. The Morgan fingerprint density at radius 1 is 1.50 bits per heavy atom. The summed E-state index contributed by atoms with van der Waals surface area (Å²) in [6, 6.07) is 0.104. The maximum atomic E-state index is 12.1. The van der Waals surface area contributed by atoms with Gasteiger partial charge in [0.25, 0.3) is 0 Å². The number of hydrogen-bond acceptors (Lipinski definition) is 5. The van der Waals surface area contributed by atoms with Crippen LogP contribution in [0.1, 0.15) is 33.6 Å². The molecule has 2 heterocycles. The molecule has 1 N–H and O–H groups in total. The van der Waals surface area contributed by atoms with Crippen LogP contribution < -0.4 is 5.32 Å². The van der Waals surface area contributed by atoms with Crippen molar-refractivity contribution in [3.05, 3.63) is 0 Å². The Balaban J connectivity index is 2.00. The third kappa shape index (κ3) is 2.51. The first-order valence-corrected chi connectivity index (χ1v) is 6.52. The van der Waals surface area contributed by atoms with E-state index in [-0.39, 0.29) is 17.9 Å². The molecule has 3 atom stereocenters. The summed E-state index contributed by atoms with van der Waals surface area (Å²) >= 11 is 0. The zero-order valence-electron chi connectivity index (χ0n) is 11.2. The van der Waals surface area contributed by atoms with Crippen LogP contribution in [0.4, 0.5) is 0 Å². The van der Waals surface area contributed by atoms with Crippen LogP contribution in [0.2, 0.25) is 0 Å². The van der Waals surface area contributed by atoms with Gasteiger partial charge in [0.2, 0.25) is 6.10 Å². The summed E-state index contributed by atoms with van der Waals surface area (Å²) in [6.45, 7) is 6.96. The van der Waals surface area contributed by atoms with E-state index in [4.69, 9.17) is 9.47 Å². The molecule has 5 nitrogen and oxygen atoms in total. The lowest BCUT2D eigenvalue weighted by Gasteiger charge is -2.30. The van der Waals surface area contributed by atoms with Crippen molar-refractivity contribution in [1.82, 2.24) is 5.32 Å². The van der Waals surface area contributed by atoms with E-state index in [0.717, 1.165) is 19.4 Å². The van der Waals surface area contributed by atoms with Crippen molar-refractivity contribution in [1.29, 1.82) is 0 Å². The third-order valence-electron chi connectivity index (χ3n) is 3.81. The minimum Gasteiger partial charge on any atom is -0.462 e. The molecule has 2 aliphatic heterocycles. The molecule has 2 aliphatic rings. The van der Waals surface area contributed by atoms with Gasteiger partial charge in [0.1, 0.15) is 6.61 Å². The van der Waals surface area contributed by atoms with Gasteiger partial charge in [0, 0.05) is 11.5 Å². The highest BCUT2D eigenvalue weighted by molar-refractivity contribution is 5.82. The van der Waals surface area contributed by atoms with E-state index in [2.05, 4.69) is 5.32 Å². The molecule has 0 bridgehead atoms. The summed E-state index contributed by atoms with van der Waals surface area (Å²) < 4.78 is 10.4. The largest absolute Gasteiger partial charge is 0.462 e. The summed E-state index contributed by atoms with van der Waals surface area (Å²) in [5, 5.41) is 3.25. The summed E-state index contributed by atoms with van der Waals surface area (Å²) in [4.78, 5) is 23.7. The molecule has 0 aromatic rings. The number of ether oxygens (including phenoxy) is 2. The quantitative estimate of drug-likeness (QED) is 0.742. The molecule has 0 aromatic heterocycles. The van der Waals surface area contributed by atoms with E-state index in [1.54, 1.807) is 0 Å². The van der Waals surface area contributed by atoms with Gasteiger partial charge in [0.15, 0.2) is 0 Å². The van der Waals surface area contributed by atoms with Crippen molar-refractivity contribution in [2.45, 2.75) is 45.8 Å². The fraction of sp³-hybridized carbons (Fsp3) is 0.846. The number of nitrogens with one attached hydrogen (secondary N) is 1. The Labute approximate surface area is 107 Å². The van der Waals surface area contributed by atoms with Gasteiger partial charge < -0.3 is 14.8 Å². The molecule has 0 aromatic carbocycles. The van der Waals surface area contributed by atoms with Gasteiger partial charge in [-0.3, -0.25) is 4.79 Å². The zero-order valence-corrected chi connectivity index (χ0v) is 11.2. The van der Waals surface area contributed by atoms with Crippen LogP contribution in [-0.2, 0) is 19.1 Å². The summed E-state index contributed by atoms with van der Waals surface area (Å²) in [5.74, 6) is -0.876.